The average molecular weight is 369 g/mol. The zero-order valence-corrected chi connectivity index (χ0v) is 15.5. The minimum atomic E-state index is -0.549. The SMILES string of the molecule is O=C(Nc1ccc(C2CCCCC2)cc1)C1=C(O)C2CCNCC2NC1=O. The molecule has 1 aliphatic carbocycles. The number of carbonyl (C=O) groups is 2. The summed E-state index contributed by atoms with van der Waals surface area (Å²) in [7, 11) is 0. The molecule has 1 aromatic carbocycles. The molecule has 2 fully saturated rings. The molecule has 0 spiro atoms. The van der Waals surface area contributed by atoms with E-state index >= 15 is 0 Å². The second kappa shape index (κ2) is 7.72. The fraction of sp³-hybridized carbons (Fsp3) is 0.524. The van der Waals surface area contributed by atoms with Gasteiger partial charge >= 0.3 is 0 Å². The van der Waals surface area contributed by atoms with Crippen LogP contribution in [0.25, 0.3) is 0 Å². The molecule has 6 heteroatoms. The Hall–Kier alpha value is -2.34. The van der Waals surface area contributed by atoms with Gasteiger partial charge in [-0.15, -0.1) is 0 Å². The number of anilines is 1. The average Bonchev–Trinajstić information content (AvgIpc) is 2.69. The van der Waals surface area contributed by atoms with Gasteiger partial charge in [-0.3, -0.25) is 9.59 Å². The highest BCUT2D eigenvalue weighted by Gasteiger charge is 2.39. The standard InChI is InChI=1S/C21H27N3O3/c25-19-16-10-11-22-12-17(16)24-21(27)18(19)20(26)23-15-8-6-14(7-9-15)13-4-2-1-3-5-13/h6-9,13,16-17,22,25H,1-5,10-12H2,(H,23,26)(H,24,27). The third-order valence-corrected chi connectivity index (χ3v) is 6.11. The summed E-state index contributed by atoms with van der Waals surface area (Å²) in [6.07, 6.45) is 7.04. The lowest BCUT2D eigenvalue weighted by molar-refractivity contribution is -0.123. The van der Waals surface area contributed by atoms with Crippen molar-refractivity contribution in [3.8, 4) is 0 Å². The number of hydrogen-bond donors (Lipinski definition) is 4. The molecule has 1 aromatic rings. The minimum absolute atomic E-state index is 0.0819. The number of carbonyl (C=O) groups excluding carboxylic acids is 2. The molecule has 2 aliphatic heterocycles. The molecule has 0 bridgehead atoms. The van der Waals surface area contributed by atoms with Gasteiger partial charge in [0.15, 0.2) is 0 Å². The molecular formula is C21H27N3O3. The monoisotopic (exact) mass is 369 g/mol. The Labute approximate surface area is 159 Å². The van der Waals surface area contributed by atoms with E-state index in [1.54, 1.807) is 0 Å². The van der Waals surface area contributed by atoms with Crippen molar-refractivity contribution in [3.05, 3.63) is 41.2 Å². The quantitative estimate of drug-likeness (QED) is 0.617. The second-order valence-electron chi connectivity index (χ2n) is 7.85. The zero-order chi connectivity index (χ0) is 18.8. The Kier molecular flexibility index (Phi) is 5.16. The lowest BCUT2D eigenvalue weighted by Gasteiger charge is -2.36. The first-order valence-electron chi connectivity index (χ1n) is 9.99. The molecule has 0 aromatic heterocycles. The van der Waals surface area contributed by atoms with Gasteiger partial charge < -0.3 is 21.1 Å². The van der Waals surface area contributed by atoms with E-state index in [4.69, 9.17) is 0 Å². The molecule has 6 nitrogen and oxygen atoms in total. The van der Waals surface area contributed by atoms with Crippen molar-refractivity contribution in [2.75, 3.05) is 18.4 Å². The molecular weight excluding hydrogens is 342 g/mol. The van der Waals surface area contributed by atoms with Crippen molar-refractivity contribution in [2.24, 2.45) is 5.92 Å². The summed E-state index contributed by atoms with van der Waals surface area (Å²) in [5.41, 5.74) is 1.79. The third-order valence-electron chi connectivity index (χ3n) is 6.11. The predicted octanol–water partition coefficient (Wildman–Crippen LogP) is 2.59. The summed E-state index contributed by atoms with van der Waals surface area (Å²) in [6.45, 7) is 1.37. The van der Waals surface area contributed by atoms with Gasteiger partial charge in [0, 0.05) is 18.2 Å². The van der Waals surface area contributed by atoms with Crippen LogP contribution in [0.15, 0.2) is 35.6 Å². The number of piperidine rings is 1. The highest BCUT2D eigenvalue weighted by molar-refractivity contribution is 6.23. The summed E-state index contributed by atoms with van der Waals surface area (Å²) in [5, 5.41) is 19.3. The van der Waals surface area contributed by atoms with Crippen LogP contribution in [0.3, 0.4) is 0 Å². The molecule has 1 saturated heterocycles. The summed E-state index contributed by atoms with van der Waals surface area (Å²) in [6, 6.07) is 7.73. The van der Waals surface area contributed by atoms with E-state index in [0.29, 0.717) is 24.6 Å². The van der Waals surface area contributed by atoms with Crippen LogP contribution in [-0.4, -0.2) is 36.1 Å². The maximum Gasteiger partial charge on any atom is 0.264 e. The number of nitrogens with one attached hydrogen (secondary N) is 3. The molecule has 0 radical (unpaired) electrons. The van der Waals surface area contributed by atoms with Crippen molar-refractivity contribution in [1.82, 2.24) is 10.6 Å². The number of aliphatic hydroxyl groups is 1. The molecule has 27 heavy (non-hydrogen) atoms. The Balaban J connectivity index is 1.47. The van der Waals surface area contributed by atoms with Crippen molar-refractivity contribution in [3.63, 3.8) is 0 Å². The summed E-state index contributed by atoms with van der Waals surface area (Å²) < 4.78 is 0. The number of aliphatic hydroxyl groups excluding tert-OH is 1. The van der Waals surface area contributed by atoms with Crippen molar-refractivity contribution >= 4 is 17.5 Å². The van der Waals surface area contributed by atoms with E-state index < -0.39 is 11.8 Å². The van der Waals surface area contributed by atoms with Crippen LogP contribution in [0.5, 0.6) is 0 Å². The highest BCUT2D eigenvalue weighted by atomic mass is 16.3. The molecule has 144 valence electrons. The van der Waals surface area contributed by atoms with Crippen LogP contribution in [0, 0.1) is 5.92 Å². The number of amides is 2. The van der Waals surface area contributed by atoms with Gasteiger partial charge in [-0.2, -0.15) is 0 Å². The van der Waals surface area contributed by atoms with Crippen LogP contribution in [0.2, 0.25) is 0 Å². The number of fused-ring (bicyclic) bond motifs is 1. The van der Waals surface area contributed by atoms with Gasteiger partial charge in [-0.1, -0.05) is 31.4 Å². The highest BCUT2D eigenvalue weighted by Crippen LogP contribution is 2.33. The van der Waals surface area contributed by atoms with E-state index in [1.807, 2.05) is 12.1 Å². The van der Waals surface area contributed by atoms with Gasteiger partial charge in [0.2, 0.25) is 0 Å². The molecule has 4 rings (SSSR count). The van der Waals surface area contributed by atoms with Crippen LogP contribution in [-0.2, 0) is 9.59 Å². The van der Waals surface area contributed by atoms with Crippen LogP contribution in [0.1, 0.15) is 50.0 Å². The van der Waals surface area contributed by atoms with Crippen molar-refractivity contribution < 1.29 is 14.7 Å². The normalized spacial score (nSPS) is 26.3. The molecule has 2 unspecified atom stereocenters. The maximum absolute atomic E-state index is 12.6. The number of benzene rings is 1. The topological polar surface area (TPSA) is 90.5 Å². The third kappa shape index (κ3) is 3.72. The fourth-order valence-corrected chi connectivity index (χ4v) is 4.57. The van der Waals surface area contributed by atoms with E-state index in [0.717, 1.165) is 6.54 Å². The summed E-state index contributed by atoms with van der Waals surface area (Å²) >= 11 is 0. The van der Waals surface area contributed by atoms with Gasteiger partial charge in [-0.05, 0) is 49.4 Å². The minimum Gasteiger partial charge on any atom is -0.511 e. The van der Waals surface area contributed by atoms with Gasteiger partial charge in [-0.25, -0.2) is 0 Å². The first-order valence-corrected chi connectivity index (χ1v) is 9.99. The molecule has 1 saturated carbocycles. The first-order chi connectivity index (χ1) is 13.1. The van der Waals surface area contributed by atoms with Crippen LogP contribution < -0.4 is 16.0 Å². The van der Waals surface area contributed by atoms with E-state index in [2.05, 4.69) is 28.1 Å². The Morgan fingerprint density at radius 2 is 1.81 bits per heavy atom. The number of rotatable bonds is 3. The Morgan fingerprint density at radius 1 is 1.07 bits per heavy atom. The van der Waals surface area contributed by atoms with Crippen molar-refractivity contribution in [2.45, 2.75) is 50.5 Å². The fourth-order valence-electron chi connectivity index (χ4n) is 4.57. The summed E-state index contributed by atoms with van der Waals surface area (Å²) in [4.78, 5) is 25.0. The second-order valence-corrected chi connectivity index (χ2v) is 7.85. The number of hydrogen-bond acceptors (Lipinski definition) is 4. The predicted molar refractivity (Wildman–Crippen MR) is 103 cm³/mol. The molecule has 3 aliphatic rings. The summed E-state index contributed by atoms with van der Waals surface area (Å²) in [5.74, 6) is -0.725. The van der Waals surface area contributed by atoms with Gasteiger partial charge in [0.25, 0.3) is 11.8 Å². The van der Waals surface area contributed by atoms with E-state index in [-0.39, 0.29) is 23.3 Å². The lowest BCUT2D eigenvalue weighted by atomic mass is 9.84. The van der Waals surface area contributed by atoms with Gasteiger partial charge in [0.05, 0.1) is 6.04 Å². The smallest absolute Gasteiger partial charge is 0.264 e. The molecule has 2 heterocycles. The molecule has 4 N–H and O–H groups in total. The van der Waals surface area contributed by atoms with Crippen LogP contribution in [0.4, 0.5) is 5.69 Å². The zero-order valence-electron chi connectivity index (χ0n) is 15.5. The Morgan fingerprint density at radius 3 is 2.56 bits per heavy atom. The van der Waals surface area contributed by atoms with E-state index in [9.17, 15) is 14.7 Å². The first kappa shape index (κ1) is 18.0. The molecule has 2 atom stereocenters. The maximum atomic E-state index is 12.6. The van der Waals surface area contributed by atoms with Crippen molar-refractivity contribution in [1.29, 1.82) is 0 Å². The van der Waals surface area contributed by atoms with Gasteiger partial charge in [0.1, 0.15) is 11.3 Å². The molecule has 2 amide bonds. The largest absolute Gasteiger partial charge is 0.511 e. The van der Waals surface area contributed by atoms with Crippen LogP contribution >= 0.6 is 0 Å². The lowest BCUT2D eigenvalue weighted by Crippen LogP contribution is -2.56. The Bertz CT molecular complexity index is 750. The van der Waals surface area contributed by atoms with E-state index in [1.165, 1.54) is 37.7 Å².